The number of aromatic nitrogens is 2. The SMILES string of the molecule is CCOCCc1noc(C2(C)CCCCN2)n1. The van der Waals surface area contributed by atoms with Crippen molar-refractivity contribution in [3.05, 3.63) is 11.7 Å². The summed E-state index contributed by atoms with van der Waals surface area (Å²) in [4.78, 5) is 4.46. The van der Waals surface area contributed by atoms with E-state index in [1.54, 1.807) is 0 Å². The fourth-order valence-electron chi connectivity index (χ4n) is 2.13. The largest absolute Gasteiger partial charge is 0.381 e. The van der Waals surface area contributed by atoms with Crippen LogP contribution in [0.5, 0.6) is 0 Å². The van der Waals surface area contributed by atoms with E-state index in [4.69, 9.17) is 9.26 Å². The molecule has 17 heavy (non-hydrogen) atoms. The van der Waals surface area contributed by atoms with Crippen molar-refractivity contribution in [2.75, 3.05) is 19.8 Å². The van der Waals surface area contributed by atoms with Gasteiger partial charge in [-0.3, -0.25) is 0 Å². The summed E-state index contributed by atoms with van der Waals surface area (Å²) in [6, 6.07) is 0. The maximum absolute atomic E-state index is 5.36. The highest BCUT2D eigenvalue weighted by atomic mass is 16.5. The minimum atomic E-state index is -0.144. The molecule has 5 heteroatoms. The van der Waals surface area contributed by atoms with Gasteiger partial charge < -0.3 is 14.6 Å². The van der Waals surface area contributed by atoms with Crippen LogP contribution in [0.1, 0.15) is 44.8 Å². The standard InChI is InChI=1S/C12H21N3O2/c1-3-16-9-6-10-14-11(17-15-10)12(2)7-4-5-8-13-12/h13H,3-9H2,1-2H3. The number of rotatable bonds is 5. The summed E-state index contributed by atoms with van der Waals surface area (Å²) >= 11 is 0. The summed E-state index contributed by atoms with van der Waals surface area (Å²) in [5.41, 5.74) is -0.144. The number of nitrogens with one attached hydrogen (secondary N) is 1. The zero-order valence-electron chi connectivity index (χ0n) is 10.7. The van der Waals surface area contributed by atoms with Crippen LogP contribution in [0.25, 0.3) is 0 Å². The van der Waals surface area contributed by atoms with Crippen LogP contribution in [-0.4, -0.2) is 29.9 Å². The van der Waals surface area contributed by atoms with Crippen LogP contribution in [0.15, 0.2) is 4.52 Å². The molecule has 1 aliphatic rings. The van der Waals surface area contributed by atoms with Gasteiger partial charge in [0.25, 0.3) is 0 Å². The highest BCUT2D eigenvalue weighted by molar-refractivity contribution is 5.03. The Balaban J connectivity index is 1.96. The van der Waals surface area contributed by atoms with Gasteiger partial charge in [-0.05, 0) is 39.7 Å². The van der Waals surface area contributed by atoms with E-state index >= 15 is 0 Å². The topological polar surface area (TPSA) is 60.2 Å². The molecule has 1 aliphatic heterocycles. The number of hydrogen-bond donors (Lipinski definition) is 1. The van der Waals surface area contributed by atoms with Crippen LogP contribution in [-0.2, 0) is 16.7 Å². The van der Waals surface area contributed by atoms with Gasteiger partial charge in [-0.25, -0.2) is 0 Å². The van der Waals surface area contributed by atoms with Crippen molar-refractivity contribution in [3.8, 4) is 0 Å². The highest BCUT2D eigenvalue weighted by Crippen LogP contribution is 2.28. The molecular formula is C12H21N3O2. The average molecular weight is 239 g/mol. The first-order valence-electron chi connectivity index (χ1n) is 6.40. The molecule has 5 nitrogen and oxygen atoms in total. The molecule has 0 saturated carbocycles. The number of hydrogen-bond acceptors (Lipinski definition) is 5. The Labute approximate surface area is 102 Å². The summed E-state index contributed by atoms with van der Waals surface area (Å²) < 4.78 is 10.6. The molecule has 1 unspecified atom stereocenters. The van der Waals surface area contributed by atoms with Crippen LogP contribution in [0.3, 0.4) is 0 Å². The van der Waals surface area contributed by atoms with Gasteiger partial charge in [-0.15, -0.1) is 0 Å². The third-order valence-electron chi connectivity index (χ3n) is 3.23. The predicted octanol–water partition coefficient (Wildman–Crippen LogP) is 1.64. The predicted molar refractivity (Wildman–Crippen MR) is 63.7 cm³/mol. The molecule has 96 valence electrons. The van der Waals surface area contributed by atoms with Gasteiger partial charge in [0.2, 0.25) is 5.89 Å². The first-order chi connectivity index (χ1) is 8.24. The Morgan fingerprint density at radius 1 is 1.47 bits per heavy atom. The van der Waals surface area contributed by atoms with E-state index in [-0.39, 0.29) is 5.54 Å². The minimum Gasteiger partial charge on any atom is -0.381 e. The van der Waals surface area contributed by atoms with E-state index in [9.17, 15) is 0 Å². The van der Waals surface area contributed by atoms with Gasteiger partial charge in [-0.2, -0.15) is 4.98 Å². The van der Waals surface area contributed by atoms with E-state index < -0.39 is 0 Å². The fraction of sp³-hybridized carbons (Fsp3) is 0.833. The summed E-state index contributed by atoms with van der Waals surface area (Å²) in [5.74, 6) is 1.45. The molecule has 1 aromatic heterocycles. The van der Waals surface area contributed by atoms with E-state index in [1.165, 1.54) is 12.8 Å². The molecular weight excluding hydrogens is 218 g/mol. The lowest BCUT2D eigenvalue weighted by Gasteiger charge is -2.31. The average Bonchev–Trinajstić information content (AvgIpc) is 2.80. The van der Waals surface area contributed by atoms with E-state index in [1.807, 2.05) is 6.92 Å². The van der Waals surface area contributed by atoms with E-state index in [0.29, 0.717) is 18.9 Å². The van der Waals surface area contributed by atoms with Crippen LogP contribution in [0.2, 0.25) is 0 Å². The quantitative estimate of drug-likeness (QED) is 0.791. The Bertz CT molecular complexity index is 345. The molecule has 0 amide bonds. The second-order valence-corrected chi connectivity index (χ2v) is 4.68. The maximum atomic E-state index is 5.36. The van der Waals surface area contributed by atoms with Crippen molar-refractivity contribution < 1.29 is 9.26 Å². The monoisotopic (exact) mass is 239 g/mol. The third-order valence-corrected chi connectivity index (χ3v) is 3.23. The molecule has 1 atom stereocenters. The molecule has 0 bridgehead atoms. The zero-order valence-corrected chi connectivity index (χ0v) is 10.7. The summed E-state index contributed by atoms with van der Waals surface area (Å²) in [5, 5.41) is 7.47. The zero-order chi connectivity index (χ0) is 12.1. The lowest BCUT2D eigenvalue weighted by Crippen LogP contribution is -2.43. The molecule has 0 spiro atoms. The normalized spacial score (nSPS) is 25.1. The van der Waals surface area contributed by atoms with Crippen molar-refractivity contribution >= 4 is 0 Å². The molecule has 1 aromatic rings. The molecule has 1 saturated heterocycles. The molecule has 0 aliphatic carbocycles. The summed E-state index contributed by atoms with van der Waals surface area (Å²) in [6.07, 6.45) is 4.20. The van der Waals surface area contributed by atoms with Crippen molar-refractivity contribution in [1.29, 1.82) is 0 Å². The number of ether oxygens (including phenoxy) is 1. The number of nitrogens with zero attached hydrogens (tertiary/aromatic N) is 2. The van der Waals surface area contributed by atoms with Crippen molar-refractivity contribution in [2.24, 2.45) is 0 Å². The van der Waals surface area contributed by atoms with E-state index in [2.05, 4.69) is 22.4 Å². The lowest BCUT2D eigenvalue weighted by molar-refractivity contribution is 0.149. The van der Waals surface area contributed by atoms with Gasteiger partial charge in [0.05, 0.1) is 12.1 Å². The Morgan fingerprint density at radius 2 is 2.35 bits per heavy atom. The molecule has 1 N–H and O–H groups in total. The second kappa shape index (κ2) is 5.60. The summed E-state index contributed by atoms with van der Waals surface area (Å²) in [6.45, 7) is 6.51. The molecule has 2 rings (SSSR count). The molecule has 2 heterocycles. The smallest absolute Gasteiger partial charge is 0.246 e. The number of piperidine rings is 1. The second-order valence-electron chi connectivity index (χ2n) is 4.68. The Kier molecular flexibility index (Phi) is 4.12. The van der Waals surface area contributed by atoms with Crippen LogP contribution in [0, 0.1) is 0 Å². The van der Waals surface area contributed by atoms with Crippen LogP contribution < -0.4 is 5.32 Å². The van der Waals surface area contributed by atoms with Crippen molar-refractivity contribution in [2.45, 2.75) is 45.1 Å². The first kappa shape index (κ1) is 12.5. The minimum absolute atomic E-state index is 0.144. The molecule has 0 aromatic carbocycles. The molecule has 0 radical (unpaired) electrons. The third kappa shape index (κ3) is 3.04. The Morgan fingerprint density at radius 3 is 3.06 bits per heavy atom. The lowest BCUT2D eigenvalue weighted by atomic mass is 9.91. The van der Waals surface area contributed by atoms with Gasteiger partial charge in [0.15, 0.2) is 5.82 Å². The van der Waals surface area contributed by atoms with Gasteiger partial charge in [-0.1, -0.05) is 5.16 Å². The van der Waals surface area contributed by atoms with Gasteiger partial charge in [0, 0.05) is 13.0 Å². The fourth-order valence-corrected chi connectivity index (χ4v) is 2.13. The van der Waals surface area contributed by atoms with E-state index in [0.717, 1.165) is 25.4 Å². The summed E-state index contributed by atoms with van der Waals surface area (Å²) in [7, 11) is 0. The van der Waals surface area contributed by atoms with Crippen molar-refractivity contribution in [3.63, 3.8) is 0 Å². The van der Waals surface area contributed by atoms with Crippen LogP contribution >= 0.6 is 0 Å². The highest BCUT2D eigenvalue weighted by Gasteiger charge is 2.33. The molecule has 1 fully saturated rings. The van der Waals surface area contributed by atoms with Crippen LogP contribution in [0.4, 0.5) is 0 Å². The van der Waals surface area contributed by atoms with Gasteiger partial charge >= 0.3 is 0 Å². The van der Waals surface area contributed by atoms with Gasteiger partial charge in [0.1, 0.15) is 0 Å². The Hall–Kier alpha value is -0.940. The maximum Gasteiger partial charge on any atom is 0.246 e. The first-order valence-corrected chi connectivity index (χ1v) is 6.40. The van der Waals surface area contributed by atoms with Crippen molar-refractivity contribution in [1.82, 2.24) is 15.5 Å².